The van der Waals surface area contributed by atoms with Crippen molar-refractivity contribution in [2.45, 2.75) is 24.7 Å². The summed E-state index contributed by atoms with van der Waals surface area (Å²) < 4.78 is 11.4. The van der Waals surface area contributed by atoms with E-state index in [1.807, 2.05) is 54.6 Å². The van der Waals surface area contributed by atoms with Crippen molar-refractivity contribution in [1.82, 2.24) is 9.78 Å². The Bertz CT molecular complexity index is 1030. The van der Waals surface area contributed by atoms with E-state index in [4.69, 9.17) is 9.47 Å². The van der Waals surface area contributed by atoms with Crippen LogP contribution >= 0.6 is 11.8 Å². The summed E-state index contributed by atoms with van der Waals surface area (Å²) in [7, 11) is 2.56. The molecule has 0 unspecified atom stereocenters. The number of unbranched alkanes of at least 4 members (excludes halogenated alkanes) is 1. The number of thioether (sulfide) groups is 1. The molecule has 0 saturated carbocycles. The summed E-state index contributed by atoms with van der Waals surface area (Å²) in [5.74, 6) is -0.348. The molecule has 1 aromatic heterocycles. The number of para-hydroxylation sites is 1. The maximum Gasteiger partial charge on any atom is 0.357 e. The van der Waals surface area contributed by atoms with Crippen LogP contribution in [0.2, 0.25) is 0 Å². The van der Waals surface area contributed by atoms with E-state index < -0.39 is 11.9 Å². The van der Waals surface area contributed by atoms with E-state index in [9.17, 15) is 9.59 Å². The lowest BCUT2D eigenvalue weighted by molar-refractivity contribution is 0.0549. The standard InChI is InChI=1S/C23H24N2O4S/c1-4-5-15-30-18-14-10-9-13-17(18)20-19(22(26)28-2)21(23(27)29-3)25(24-20)16-11-7-6-8-12-16/h6-14H,4-5,15H2,1-3H3. The van der Waals surface area contributed by atoms with Gasteiger partial charge >= 0.3 is 11.9 Å². The quantitative estimate of drug-likeness (QED) is 0.288. The van der Waals surface area contributed by atoms with E-state index in [0.717, 1.165) is 29.1 Å². The first-order chi connectivity index (χ1) is 14.6. The Labute approximate surface area is 180 Å². The minimum atomic E-state index is -0.658. The molecule has 0 aliphatic rings. The lowest BCUT2D eigenvalue weighted by atomic mass is 10.1. The number of ether oxygens (including phenoxy) is 2. The summed E-state index contributed by atoms with van der Waals surface area (Å²) in [4.78, 5) is 26.5. The molecule has 0 fully saturated rings. The van der Waals surface area contributed by atoms with E-state index in [1.165, 1.54) is 18.9 Å². The third-order valence-corrected chi connectivity index (χ3v) is 5.71. The topological polar surface area (TPSA) is 70.4 Å². The first kappa shape index (κ1) is 21.6. The minimum absolute atomic E-state index is 0.0407. The van der Waals surface area contributed by atoms with E-state index in [1.54, 1.807) is 11.8 Å². The number of aromatic nitrogens is 2. The number of hydrogen-bond acceptors (Lipinski definition) is 6. The van der Waals surface area contributed by atoms with Crippen molar-refractivity contribution in [2.24, 2.45) is 0 Å². The average molecular weight is 425 g/mol. The van der Waals surface area contributed by atoms with Crippen LogP contribution in [0.15, 0.2) is 59.5 Å². The lowest BCUT2D eigenvalue weighted by Gasteiger charge is -2.08. The van der Waals surface area contributed by atoms with Gasteiger partial charge in [0.15, 0.2) is 5.69 Å². The molecule has 0 aliphatic carbocycles. The predicted octanol–water partition coefficient (Wildman–Crippen LogP) is 5.00. The van der Waals surface area contributed by atoms with Gasteiger partial charge in [-0.3, -0.25) is 0 Å². The van der Waals surface area contributed by atoms with Crippen LogP contribution in [0.3, 0.4) is 0 Å². The second-order valence-corrected chi connectivity index (χ2v) is 7.64. The number of hydrogen-bond donors (Lipinski definition) is 0. The van der Waals surface area contributed by atoms with Crippen LogP contribution < -0.4 is 0 Å². The maximum absolute atomic E-state index is 12.8. The fourth-order valence-corrected chi connectivity index (χ4v) is 4.21. The van der Waals surface area contributed by atoms with Crippen molar-refractivity contribution < 1.29 is 19.1 Å². The van der Waals surface area contributed by atoms with E-state index >= 15 is 0 Å². The summed E-state index contributed by atoms with van der Waals surface area (Å²) in [6.07, 6.45) is 2.17. The fraction of sp³-hybridized carbons (Fsp3) is 0.261. The van der Waals surface area contributed by atoms with E-state index in [-0.39, 0.29) is 11.3 Å². The molecule has 0 radical (unpaired) electrons. The SMILES string of the molecule is CCCCSc1ccccc1-c1nn(-c2ccccc2)c(C(=O)OC)c1C(=O)OC. The zero-order valence-electron chi connectivity index (χ0n) is 17.3. The first-order valence-electron chi connectivity index (χ1n) is 9.69. The molecule has 0 aliphatic heterocycles. The van der Waals surface area contributed by atoms with Gasteiger partial charge in [0, 0.05) is 10.5 Å². The molecule has 2 aromatic carbocycles. The fourth-order valence-electron chi connectivity index (χ4n) is 3.06. The Hall–Kier alpha value is -3.06. The van der Waals surface area contributed by atoms with Gasteiger partial charge in [-0.15, -0.1) is 11.8 Å². The van der Waals surface area contributed by atoms with Gasteiger partial charge in [0.1, 0.15) is 11.3 Å². The zero-order valence-corrected chi connectivity index (χ0v) is 18.1. The van der Waals surface area contributed by atoms with E-state index in [2.05, 4.69) is 12.0 Å². The monoisotopic (exact) mass is 424 g/mol. The first-order valence-corrected chi connectivity index (χ1v) is 10.7. The minimum Gasteiger partial charge on any atom is -0.465 e. The van der Waals surface area contributed by atoms with Gasteiger partial charge in [0.05, 0.1) is 19.9 Å². The molecule has 0 amide bonds. The highest BCUT2D eigenvalue weighted by Gasteiger charge is 2.32. The molecule has 0 saturated heterocycles. The van der Waals surface area contributed by atoms with Crippen LogP contribution in [0, 0.1) is 0 Å². The Morgan fingerprint density at radius 3 is 2.30 bits per heavy atom. The second-order valence-electron chi connectivity index (χ2n) is 6.50. The Morgan fingerprint density at radius 2 is 1.63 bits per heavy atom. The lowest BCUT2D eigenvalue weighted by Crippen LogP contribution is -2.15. The third kappa shape index (κ3) is 4.41. The van der Waals surface area contributed by atoms with Crippen LogP contribution in [0.1, 0.15) is 40.6 Å². The summed E-state index contributed by atoms with van der Waals surface area (Å²) in [6.45, 7) is 2.14. The van der Waals surface area contributed by atoms with Crippen molar-refractivity contribution in [2.75, 3.05) is 20.0 Å². The number of carbonyl (C=O) groups excluding carboxylic acids is 2. The number of carbonyl (C=O) groups is 2. The van der Waals surface area contributed by atoms with Gasteiger partial charge in [-0.1, -0.05) is 49.7 Å². The van der Waals surface area contributed by atoms with Gasteiger partial charge in [0.25, 0.3) is 0 Å². The molecule has 0 spiro atoms. The summed E-state index contributed by atoms with van der Waals surface area (Å²) >= 11 is 1.70. The Morgan fingerprint density at radius 1 is 0.967 bits per heavy atom. The number of benzene rings is 2. The molecule has 3 aromatic rings. The Balaban J connectivity index is 2.27. The van der Waals surface area contributed by atoms with Gasteiger partial charge in [0.2, 0.25) is 0 Å². The molecule has 1 heterocycles. The van der Waals surface area contributed by atoms with Crippen molar-refractivity contribution in [3.8, 4) is 16.9 Å². The second kappa shape index (κ2) is 10.1. The van der Waals surface area contributed by atoms with Crippen LogP contribution in [0.25, 0.3) is 16.9 Å². The molecule has 0 N–H and O–H groups in total. The number of nitrogens with zero attached hydrogens (tertiary/aromatic N) is 2. The molecule has 30 heavy (non-hydrogen) atoms. The largest absolute Gasteiger partial charge is 0.465 e. The number of rotatable bonds is 8. The van der Waals surface area contributed by atoms with Crippen LogP contribution in [0.5, 0.6) is 0 Å². The molecule has 6 nitrogen and oxygen atoms in total. The van der Waals surface area contributed by atoms with Gasteiger partial charge in [-0.2, -0.15) is 5.10 Å². The molecular weight excluding hydrogens is 400 g/mol. The molecule has 156 valence electrons. The summed E-state index contributed by atoms with van der Waals surface area (Å²) in [5, 5.41) is 4.68. The molecule has 3 rings (SSSR count). The molecule has 0 bridgehead atoms. The van der Waals surface area contributed by atoms with Gasteiger partial charge < -0.3 is 9.47 Å². The Kier molecular flexibility index (Phi) is 7.30. The maximum atomic E-state index is 12.8. The smallest absolute Gasteiger partial charge is 0.357 e. The van der Waals surface area contributed by atoms with Gasteiger partial charge in [-0.25, -0.2) is 14.3 Å². The van der Waals surface area contributed by atoms with Crippen LogP contribution in [-0.4, -0.2) is 41.7 Å². The summed E-state index contributed by atoms with van der Waals surface area (Å²) in [5.41, 5.74) is 1.95. The van der Waals surface area contributed by atoms with Crippen molar-refractivity contribution in [1.29, 1.82) is 0 Å². The normalized spacial score (nSPS) is 10.6. The van der Waals surface area contributed by atoms with Crippen molar-refractivity contribution >= 4 is 23.7 Å². The van der Waals surface area contributed by atoms with E-state index in [0.29, 0.717) is 11.4 Å². The van der Waals surface area contributed by atoms with Gasteiger partial charge in [-0.05, 0) is 30.4 Å². The number of methoxy groups -OCH3 is 2. The zero-order chi connectivity index (χ0) is 21.5. The van der Waals surface area contributed by atoms with Crippen molar-refractivity contribution in [3.63, 3.8) is 0 Å². The van der Waals surface area contributed by atoms with Crippen LogP contribution in [-0.2, 0) is 9.47 Å². The average Bonchev–Trinajstić information content (AvgIpc) is 3.19. The highest BCUT2D eigenvalue weighted by atomic mass is 32.2. The third-order valence-electron chi connectivity index (χ3n) is 4.55. The van der Waals surface area contributed by atoms with Crippen molar-refractivity contribution in [3.05, 3.63) is 65.9 Å². The highest BCUT2D eigenvalue weighted by molar-refractivity contribution is 7.99. The van der Waals surface area contributed by atoms with Crippen LogP contribution in [0.4, 0.5) is 0 Å². The molecule has 0 atom stereocenters. The highest BCUT2D eigenvalue weighted by Crippen LogP contribution is 2.35. The summed E-state index contributed by atoms with van der Waals surface area (Å²) in [6, 6.07) is 16.9. The predicted molar refractivity (Wildman–Crippen MR) is 117 cm³/mol. The number of esters is 2. The molecule has 7 heteroatoms. The molecular formula is C23H24N2O4S.